The number of pyridine rings is 1. The fourth-order valence-corrected chi connectivity index (χ4v) is 3.66. The average Bonchev–Trinajstić information content (AvgIpc) is 2.92. The van der Waals surface area contributed by atoms with Crippen molar-refractivity contribution in [3.63, 3.8) is 0 Å². The van der Waals surface area contributed by atoms with Crippen molar-refractivity contribution in [3.8, 4) is 5.75 Å². The number of ether oxygens (including phenoxy) is 1. The Morgan fingerprint density at radius 3 is 2.95 bits per heavy atom. The summed E-state index contributed by atoms with van der Waals surface area (Å²) in [6.45, 7) is 0.743. The first-order valence-corrected chi connectivity index (χ1v) is 7.48. The number of piperidine rings is 1. The van der Waals surface area contributed by atoms with Gasteiger partial charge < -0.3 is 4.74 Å². The Hall–Kier alpha value is -0.0300. The van der Waals surface area contributed by atoms with Crippen molar-refractivity contribution in [3.05, 3.63) is 21.9 Å². The van der Waals surface area contributed by atoms with Crippen LogP contribution >= 0.6 is 39.9 Å². The Labute approximate surface area is 133 Å². The van der Waals surface area contributed by atoms with Gasteiger partial charge in [-0.25, -0.2) is 4.98 Å². The van der Waals surface area contributed by atoms with Crippen LogP contribution in [-0.4, -0.2) is 35.6 Å². The predicted molar refractivity (Wildman–Crippen MR) is 82.4 cm³/mol. The van der Waals surface area contributed by atoms with Gasteiger partial charge in [0.1, 0.15) is 17.5 Å². The third-order valence-electron chi connectivity index (χ3n) is 4.28. The first kappa shape index (κ1) is 15.4. The van der Waals surface area contributed by atoms with Gasteiger partial charge in [-0.1, -0.05) is 11.6 Å². The van der Waals surface area contributed by atoms with Crippen LogP contribution in [0, 0.1) is 5.92 Å². The van der Waals surface area contributed by atoms with Crippen LogP contribution in [0.1, 0.15) is 19.3 Å². The SMILES string of the molecule is CN1C(COc2cnc(Cl)c(Br)c2)[C@@H]2CC[C@H]1C2.Cl. The minimum Gasteiger partial charge on any atom is -0.490 e. The standard InChI is InChI=1S/C13H16BrClN2O.ClH/c1-17-9-3-2-8(4-9)12(17)7-18-10-5-11(14)13(15)16-6-10;/h5-6,8-9,12H,2-4,7H2,1H3;1H/t8-,9+,12?;/m1./s1. The number of fused-ring (bicyclic) bond motifs is 2. The van der Waals surface area contributed by atoms with Crippen LogP contribution in [-0.2, 0) is 0 Å². The lowest BCUT2D eigenvalue weighted by atomic mass is 10.00. The minimum atomic E-state index is 0. The van der Waals surface area contributed by atoms with Gasteiger partial charge in [-0.2, -0.15) is 0 Å². The van der Waals surface area contributed by atoms with Crippen molar-refractivity contribution in [1.29, 1.82) is 0 Å². The molecule has 3 rings (SSSR count). The van der Waals surface area contributed by atoms with E-state index in [9.17, 15) is 0 Å². The highest BCUT2D eigenvalue weighted by molar-refractivity contribution is 9.10. The number of hydrogen-bond acceptors (Lipinski definition) is 3. The Kier molecular flexibility index (Phi) is 4.99. The predicted octanol–water partition coefficient (Wildman–Crippen LogP) is 3.78. The maximum Gasteiger partial charge on any atom is 0.143 e. The fourth-order valence-electron chi connectivity index (χ4n) is 3.23. The highest BCUT2D eigenvalue weighted by Gasteiger charge is 2.43. The number of halogens is 3. The number of likely N-dealkylation sites (tertiary alicyclic amines) is 1. The Bertz CT molecular complexity index is 458. The van der Waals surface area contributed by atoms with E-state index in [0.717, 1.165) is 28.8 Å². The molecule has 19 heavy (non-hydrogen) atoms. The van der Waals surface area contributed by atoms with Crippen molar-refractivity contribution in [1.82, 2.24) is 9.88 Å². The zero-order chi connectivity index (χ0) is 12.7. The van der Waals surface area contributed by atoms with Crippen LogP contribution in [0.2, 0.25) is 5.15 Å². The van der Waals surface area contributed by atoms with Gasteiger partial charge in [-0.15, -0.1) is 12.4 Å². The molecule has 1 aliphatic carbocycles. The second-order valence-corrected chi connectivity index (χ2v) is 6.43. The lowest BCUT2D eigenvalue weighted by Gasteiger charge is -2.31. The summed E-state index contributed by atoms with van der Waals surface area (Å²) in [5, 5.41) is 0.472. The van der Waals surface area contributed by atoms with E-state index in [0.29, 0.717) is 11.2 Å². The molecule has 1 aliphatic heterocycles. The van der Waals surface area contributed by atoms with Gasteiger partial charge in [0.25, 0.3) is 0 Å². The van der Waals surface area contributed by atoms with Crippen LogP contribution in [0.4, 0.5) is 0 Å². The van der Waals surface area contributed by atoms with Gasteiger partial charge in [0, 0.05) is 12.1 Å². The monoisotopic (exact) mass is 366 g/mol. The Balaban J connectivity index is 0.00000133. The fraction of sp³-hybridized carbons (Fsp3) is 0.615. The minimum absolute atomic E-state index is 0. The van der Waals surface area contributed by atoms with E-state index in [-0.39, 0.29) is 12.4 Å². The molecule has 1 unspecified atom stereocenters. The van der Waals surface area contributed by atoms with E-state index >= 15 is 0 Å². The number of nitrogens with zero attached hydrogens (tertiary/aromatic N) is 2. The zero-order valence-corrected chi connectivity index (χ0v) is 13.8. The second-order valence-electron chi connectivity index (χ2n) is 5.21. The van der Waals surface area contributed by atoms with Crippen LogP contribution in [0.15, 0.2) is 16.7 Å². The normalized spacial score (nSPS) is 29.3. The van der Waals surface area contributed by atoms with Crippen LogP contribution in [0.5, 0.6) is 5.75 Å². The average molecular weight is 368 g/mol. The molecule has 1 aromatic heterocycles. The molecule has 3 nitrogen and oxygen atoms in total. The van der Waals surface area contributed by atoms with E-state index < -0.39 is 0 Å². The van der Waals surface area contributed by atoms with Gasteiger partial charge >= 0.3 is 0 Å². The summed E-state index contributed by atoms with van der Waals surface area (Å²) >= 11 is 9.22. The third-order valence-corrected chi connectivity index (χ3v) is 5.41. The van der Waals surface area contributed by atoms with Crippen molar-refractivity contribution in [2.75, 3.05) is 13.7 Å². The number of rotatable bonds is 3. The summed E-state index contributed by atoms with van der Waals surface area (Å²) in [4.78, 5) is 6.55. The van der Waals surface area contributed by atoms with Gasteiger partial charge in [-0.3, -0.25) is 4.90 Å². The number of likely N-dealkylation sites (N-methyl/N-ethyl adjacent to an activating group) is 1. The van der Waals surface area contributed by atoms with Crippen molar-refractivity contribution in [2.45, 2.75) is 31.3 Å². The van der Waals surface area contributed by atoms with Gasteiger partial charge in [0.05, 0.1) is 10.7 Å². The van der Waals surface area contributed by atoms with E-state index in [4.69, 9.17) is 16.3 Å². The molecule has 0 radical (unpaired) electrons. The summed E-state index contributed by atoms with van der Waals surface area (Å²) in [7, 11) is 2.22. The van der Waals surface area contributed by atoms with Crippen LogP contribution in [0.25, 0.3) is 0 Å². The highest BCUT2D eigenvalue weighted by Crippen LogP contribution is 2.41. The molecule has 0 aromatic carbocycles. The molecule has 0 spiro atoms. The summed E-state index contributed by atoms with van der Waals surface area (Å²) in [5.41, 5.74) is 0. The second kappa shape index (κ2) is 6.17. The lowest BCUT2D eigenvalue weighted by molar-refractivity contribution is 0.118. The zero-order valence-electron chi connectivity index (χ0n) is 10.7. The first-order valence-electron chi connectivity index (χ1n) is 6.31. The molecule has 6 heteroatoms. The van der Waals surface area contributed by atoms with Gasteiger partial charge in [-0.05, 0) is 54.2 Å². The molecule has 0 amide bonds. The topological polar surface area (TPSA) is 25.4 Å². The summed E-state index contributed by atoms with van der Waals surface area (Å²) in [6, 6.07) is 3.21. The van der Waals surface area contributed by atoms with Crippen molar-refractivity contribution >= 4 is 39.9 Å². The molecular formula is C13H17BrCl2N2O. The van der Waals surface area contributed by atoms with Gasteiger partial charge in [0.15, 0.2) is 0 Å². The highest BCUT2D eigenvalue weighted by atomic mass is 79.9. The maximum atomic E-state index is 5.86. The number of hydrogen-bond donors (Lipinski definition) is 0. The van der Waals surface area contributed by atoms with Crippen molar-refractivity contribution < 1.29 is 4.74 Å². The van der Waals surface area contributed by atoms with Gasteiger partial charge in [0.2, 0.25) is 0 Å². The molecule has 1 saturated carbocycles. The lowest BCUT2D eigenvalue weighted by Crippen LogP contribution is -2.41. The molecule has 0 N–H and O–H groups in total. The number of aromatic nitrogens is 1. The Morgan fingerprint density at radius 2 is 2.32 bits per heavy atom. The quantitative estimate of drug-likeness (QED) is 0.760. The molecule has 2 fully saturated rings. The molecule has 2 bridgehead atoms. The summed E-state index contributed by atoms with van der Waals surface area (Å²) in [5.74, 6) is 1.59. The third kappa shape index (κ3) is 3.02. The summed E-state index contributed by atoms with van der Waals surface area (Å²) < 4.78 is 6.64. The van der Waals surface area contributed by atoms with Crippen LogP contribution < -0.4 is 4.74 Å². The first-order chi connectivity index (χ1) is 8.65. The van der Waals surface area contributed by atoms with E-state index in [2.05, 4.69) is 32.9 Å². The van der Waals surface area contributed by atoms with E-state index in [1.54, 1.807) is 6.20 Å². The molecule has 1 saturated heterocycles. The smallest absolute Gasteiger partial charge is 0.143 e. The van der Waals surface area contributed by atoms with E-state index in [1.807, 2.05) is 6.07 Å². The molecule has 2 heterocycles. The molecule has 106 valence electrons. The molecule has 2 aliphatic rings. The molecule has 1 aromatic rings. The molecular weight excluding hydrogens is 351 g/mol. The van der Waals surface area contributed by atoms with E-state index in [1.165, 1.54) is 19.3 Å². The maximum absolute atomic E-state index is 5.86. The Morgan fingerprint density at radius 1 is 1.53 bits per heavy atom. The van der Waals surface area contributed by atoms with Crippen molar-refractivity contribution in [2.24, 2.45) is 5.92 Å². The summed E-state index contributed by atoms with van der Waals surface area (Å²) in [6.07, 6.45) is 5.73. The van der Waals surface area contributed by atoms with Crippen LogP contribution in [0.3, 0.4) is 0 Å². The largest absolute Gasteiger partial charge is 0.490 e. The molecule has 3 atom stereocenters.